The molecular weight excluding hydrogens is 357 g/mol. The van der Waals surface area contributed by atoms with Gasteiger partial charge in [0.2, 0.25) is 0 Å². The third-order valence-corrected chi connectivity index (χ3v) is 5.11. The second-order valence-corrected chi connectivity index (χ2v) is 7.38. The Hall–Kier alpha value is -2.92. The molecule has 0 unspecified atom stereocenters. The van der Waals surface area contributed by atoms with Gasteiger partial charge in [-0.3, -0.25) is 9.52 Å². The minimum absolute atomic E-state index is 0.100. The van der Waals surface area contributed by atoms with Gasteiger partial charge in [0, 0.05) is 13.6 Å². The van der Waals surface area contributed by atoms with Gasteiger partial charge >= 0.3 is 0 Å². The van der Waals surface area contributed by atoms with Crippen molar-refractivity contribution in [1.82, 2.24) is 4.90 Å². The van der Waals surface area contributed by atoms with Crippen molar-refractivity contribution in [2.45, 2.75) is 18.2 Å². The molecule has 0 spiro atoms. The van der Waals surface area contributed by atoms with Crippen LogP contribution in [-0.4, -0.2) is 32.8 Å². The number of anilines is 1. The molecule has 6 nitrogen and oxygen atoms in total. The predicted octanol–water partition coefficient (Wildman–Crippen LogP) is 2.92. The smallest absolute Gasteiger partial charge is 0.261 e. The van der Waals surface area contributed by atoms with Gasteiger partial charge in [0.1, 0.15) is 5.82 Å². The molecule has 0 aromatic heterocycles. The molecule has 136 valence electrons. The molecule has 0 aliphatic heterocycles. The Morgan fingerprint density at radius 1 is 1.27 bits per heavy atom. The van der Waals surface area contributed by atoms with Crippen LogP contribution in [0.3, 0.4) is 0 Å². The topological polar surface area (TPSA) is 90.3 Å². The zero-order valence-corrected chi connectivity index (χ0v) is 15.2. The maximum Gasteiger partial charge on any atom is 0.261 e. The Kier molecular flexibility index (Phi) is 5.95. The lowest BCUT2D eigenvalue weighted by atomic mass is 10.1. The van der Waals surface area contributed by atoms with E-state index in [9.17, 15) is 17.6 Å². The highest BCUT2D eigenvalue weighted by Crippen LogP contribution is 2.22. The quantitative estimate of drug-likeness (QED) is 0.840. The average molecular weight is 375 g/mol. The van der Waals surface area contributed by atoms with Gasteiger partial charge in [0.15, 0.2) is 0 Å². The molecule has 2 aromatic rings. The van der Waals surface area contributed by atoms with Crippen molar-refractivity contribution in [3.63, 3.8) is 0 Å². The number of nitrogens with one attached hydrogen (secondary N) is 1. The Labute approximate surface area is 151 Å². The zero-order chi connectivity index (χ0) is 19.3. The number of amides is 1. The van der Waals surface area contributed by atoms with E-state index in [0.717, 1.165) is 12.1 Å². The number of nitrogens with zero attached hydrogens (tertiary/aromatic N) is 2. The highest BCUT2D eigenvalue weighted by molar-refractivity contribution is 7.92. The van der Waals surface area contributed by atoms with E-state index in [0.29, 0.717) is 0 Å². The van der Waals surface area contributed by atoms with E-state index in [1.54, 1.807) is 12.1 Å². The molecule has 2 aromatic carbocycles. The number of rotatable bonds is 6. The number of sulfonamides is 1. The lowest BCUT2D eigenvalue weighted by Gasteiger charge is -2.18. The summed E-state index contributed by atoms with van der Waals surface area (Å²) in [7, 11) is -2.46. The van der Waals surface area contributed by atoms with Crippen LogP contribution in [0.1, 0.15) is 22.3 Å². The lowest BCUT2D eigenvalue weighted by molar-refractivity contribution is 0.0799. The predicted molar refractivity (Wildman–Crippen MR) is 95.6 cm³/mol. The van der Waals surface area contributed by atoms with Crippen LogP contribution in [-0.2, 0) is 10.0 Å². The number of halogens is 1. The molecule has 0 saturated heterocycles. The first-order chi connectivity index (χ1) is 12.3. The van der Waals surface area contributed by atoms with E-state index in [1.807, 2.05) is 6.07 Å². The molecule has 8 heteroatoms. The molecule has 0 atom stereocenters. The number of benzene rings is 2. The molecule has 26 heavy (non-hydrogen) atoms. The maximum atomic E-state index is 13.4. The summed E-state index contributed by atoms with van der Waals surface area (Å²) in [6.45, 7) is 1.70. The minimum atomic E-state index is -3.99. The highest BCUT2D eigenvalue weighted by Gasteiger charge is 2.21. The summed E-state index contributed by atoms with van der Waals surface area (Å²) in [6, 6.07) is 11.6. The van der Waals surface area contributed by atoms with Crippen LogP contribution in [0.15, 0.2) is 47.4 Å². The molecule has 0 heterocycles. The van der Waals surface area contributed by atoms with E-state index >= 15 is 0 Å². The summed E-state index contributed by atoms with van der Waals surface area (Å²) >= 11 is 0. The fourth-order valence-corrected chi connectivity index (χ4v) is 3.44. The third kappa shape index (κ3) is 4.37. The normalized spacial score (nSPS) is 10.8. The number of carbonyl (C=O) groups is 1. The summed E-state index contributed by atoms with van der Waals surface area (Å²) in [5.41, 5.74) is 0.479. The van der Waals surface area contributed by atoms with Gasteiger partial charge in [-0.15, -0.1) is 0 Å². The summed E-state index contributed by atoms with van der Waals surface area (Å²) in [5.74, 6) is -0.910. The van der Waals surface area contributed by atoms with Gasteiger partial charge in [-0.25, -0.2) is 12.8 Å². The summed E-state index contributed by atoms with van der Waals surface area (Å²) in [5, 5.41) is 8.64. The Balaban J connectivity index is 2.34. The number of para-hydroxylation sites is 1. The fraction of sp³-hybridized carbons (Fsp3) is 0.222. The molecule has 1 amide bonds. The van der Waals surface area contributed by atoms with E-state index in [2.05, 4.69) is 4.72 Å². The first-order valence-electron chi connectivity index (χ1n) is 7.76. The molecule has 2 rings (SSSR count). The summed E-state index contributed by atoms with van der Waals surface area (Å²) in [4.78, 5) is 13.8. The summed E-state index contributed by atoms with van der Waals surface area (Å²) < 4.78 is 40.9. The van der Waals surface area contributed by atoms with Crippen LogP contribution >= 0.6 is 0 Å². The second kappa shape index (κ2) is 7.97. The number of aryl methyl sites for hydroxylation is 1. The molecule has 0 fully saturated rings. The lowest BCUT2D eigenvalue weighted by Crippen LogP contribution is -2.28. The van der Waals surface area contributed by atoms with Crippen LogP contribution in [0.25, 0.3) is 0 Å². The van der Waals surface area contributed by atoms with Crippen molar-refractivity contribution in [2.75, 3.05) is 18.3 Å². The van der Waals surface area contributed by atoms with E-state index < -0.39 is 21.7 Å². The van der Waals surface area contributed by atoms with Crippen molar-refractivity contribution in [3.05, 3.63) is 59.4 Å². The largest absolute Gasteiger partial charge is 0.341 e. The Morgan fingerprint density at radius 2 is 1.96 bits per heavy atom. The molecular formula is C18H18FN3O3S. The third-order valence-electron chi connectivity index (χ3n) is 3.75. The fourth-order valence-electron chi connectivity index (χ4n) is 2.27. The van der Waals surface area contributed by atoms with Gasteiger partial charge in [-0.05, 0) is 42.8 Å². The first-order valence-corrected chi connectivity index (χ1v) is 9.25. The summed E-state index contributed by atoms with van der Waals surface area (Å²) in [6.07, 6.45) is 0.172. The van der Waals surface area contributed by atoms with E-state index in [-0.39, 0.29) is 34.7 Å². The van der Waals surface area contributed by atoms with Crippen LogP contribution in [0.2, 0.25) is 0 Å². The number of nitriles is 1. The van der Waals surface area contributed by atoms with Crippen molar-refractivity contribution >= 4 is 21.6 Å². The van der Waals surface area contributed by atoms with Crippen molar-refractivity contribution in [3.8, 4) is 6.07 Å². The Morgan fingerprint density at radius 3 is 2.62 bits per heavy atom. The van der Waals surface area contributed by atoms with E-state index in [4.69, 9.17) is 5.26 Å². The standard InChI is InChI=1S/C18H18FN3O3S/c1-13-12-14(8-9-16(13)19)26(24,25)21-17-7-4-3-6-15(17)18(23)22(2)11-5-10-20/h3-4,6-9,12,21H,5,11H2,1-2H3. The molecule has 0 bridgehead atoms. The van der Waals surface area contributed by atoms with Gasteiger partial charge in [-0.2, -0.15) is 5.26 Å². The second-order valence-electron chi connectivity index (χ2n) is 5.70. The van der Waals surface area contributed by atoms with E-state index in [1.165, 1.54) is 37.1 Å². The van der Waals surface area contributed by atoms with Crippen molar-refractivity contribution < 1.29 is 17.6 Å². The van der Waals surface area contributed by atoms with Crippen molar-refractivity contribution in [1.29, 1.82) is 5.26 Å². The van der Waals surface area contributed by atoms with Crippen molar-refractivity contribution in [2.24, 2.45) is 0 Å². The van der Waals surface area contributed by atoms with Crippen LogP contribution in [0, 0.1) is 24.1 Å². The van der Waals surface area contributed by atoms with Crippen LogP contribution in [0.5, 0.6) is 0 Å². The Bertz CT molecular complexity index is 968. The van der Waals surface area contributed by atoms with Gasteiger partial charge in [0.25, 0.3) is 15.9 Å². The zero-order valence-electron chi connectivity index (χ0n) is 14.4. The van der Waals surface area contributed by atoms with Crippen LogP contribution < -0.4 is 4.72 Å². The molecule has 0 aliphatic rings. The monoisotopic (exact) mass is 375 g/mol. The number of hydrogen-bond donors (Lipinski definition) is 1. The SMILES string of the molecule is Cc1cc(S(=O)(=O)Nc2ccccc2C(=O)N(C)CCC#N)ccc1F. The average Bonchev–Trinajstić information content (AvgIpc) is 2.61. The minimum Gasteiger partial charge on any atom is -0.341 e. The first kappa shape index (κ1) is 19.4. The molecule has 0 saturated carbocycles. The molecule has 0 radical (unpaired) electrons. The highest BCUT2D eigenvalue weighted by atomic mass is 32.2. The van der Waals surface area contributed by atoms with Crippen LogP contribution in [0.4, 0.5) is 10.1 Å². The van der Waals surface area contributed by atoms with Gasteiger partial charge in [-0.1, -0.05) is 12.1 Å². The molecule has 0 aliphatic carbocycles. The van der Waals surface area contributed by atoms with Gasteiger partial charge < -0.3 is 4.90 Å². The van der Waals surface area contributed by atoms with Gasteiger partial charge in [0.05, 0.1) is 28.6 Å². The number of carbonyl (C=O) groups excluding carboxylic acids is 1. The number of hydrogen-bond acceptors (Lipinski definition) is 4. The maximum absolute atomic E-state index is 13.4. The molecule has 1 N–H and O–H groups in total.